The van der Waals surface area contributed by atoms with E-state index in [-0.39, 0.29) is 0 Å². The quantitative estimate of drug-likeness (QED) is 0.168. The standard InChI is InChI=1S/C59H36N4O/c1-4-15-37(16-5-1)38-27-29-40(30-28-38)48-35-50-54(36-52(48)63-51-34-44-23-11-10-22-43(44)33-49(51)46-32-31-39-17-12-13-24-45(39)56(46)63)64-53-26-14-25-47(55(50)53)59-61-57(41-18-6-2-7-19-41)60-58(62-59)42-20-8-3-9-21-42/h1-36H. The fraction of sp³-hybridized carbons (Fsp3) is 0. The average molecular weight is 817 g/mol. The molecule has 0 saturated carbocycles. The molecule has 13 aromatic rings. The van der Waals surface area contributed by atoms with E-state index < -0.39 is 0 Å². The summed E-state index contributed by atoms with van der Waals surface area (Å²) < 4.78 is 9.42. The van der Waals surface area contributed by atoms with Crippen molar-refractivity contribution in [3.8, 4) is 62.1 Å². The largest absolute Gasteiger partial charge is 0.456 e. The van der Waals surface area contributed by atoms with Crippen LogP contribution in [0.4, 0.5) is 0 Å². The summed E-state index contributed by atoms with van der Waals surface area (Å²) in [5, 5.41) is 9.12. The van der Waals surface area contributed by atoms with Crippen molar-refractivity contribution in [3.63, 3.8) is 0 Å². The van der Waals surface area contributed by atoms with Crippen molar-refractivity contribution in [2.75, 3.05) is 0 Å². The maximum Gasteiger partial charge on any atom is 0.164 e. The van der Waals surface area contributed by atoms with E-state index >= 15 is 0 Å². The minimum absolute atomic E-state index is 0.583. The zero-order valence-corrected chi connectivity index (χ0v) is 34.5. The van der Waals surface area contributed by atoms with E-state index in [1.807, 2.05) is 72.8 Å². The predicted octanol–water partition coefficient (Wildman–Crippen LogP) is 15.5. The fourth-order valence-corrected chi connectivity index (χ4v) is 9.58. The normalized spacial score (nSPS) is 11.8. The molecule has 0 radical (unpaired) electrons. The van der Waals surface area contributed by atoms with Crippen LogP contribution in [-0.4, -0.2) is 19.5 Å². The first kappa shape index (κ1) is 36.0. The molecule has 5 nitrogen and oxygen atoms in total. The summed E-state index contributed by atoms with van der Waals surface area (Å²) in [4.78, 5) is 15.3. The first-order valence-corrected chi connectivity index (χ1v) is 21.6. The Morgan fingerprint density at radius 2 is 0.906 bits per heavy atom. The van der Waals surface area contributed by atoms with Crippen molar-refractivity contribution in [2.45, 2.75) is 0 Å². The van der Waals surface area contributed by atoms with Gasteiger partial charge in [-0.2, -0.15) is 0 Å². The molecule has 0 bridgehead atoms. The summed E-state index contributed by atoms with van der Waals surface area (Å²) in [5.41, 5.74) is 12.1. The topological polar surface area (TPSA) is 56.7 Å². The zero-order chi connectivity index (χ0) is 42.1. The van der Waals surface area contributed by atoms with Crippen LogP contribution in [0, 0.1) is 0 Å². The molecule has 0 fully saturated rings. The molecule has 0 unspecified atom stereocenters. The van der Waals surface area contributed by atoms with E-state index in [1.165, 1.54) is 37.9 Å². The van der Waals surface area contributed by atoms with Gasteiger partial charge in [-0.05, 0) is 57.1 Å². The lowest BCUT2D eigenvalue weighted by Gasteiger charge is -2.16. The monoisotopic (exact) mass is 816 g/mol. The molecule has 0 aliphatic carbocycles. The van der Waals surface area contributed by atoms with E-state index in [9.17, 15) is 0 Å². The van der Waals surface area contributed by atoms with Crippen molar-refractivity contribution in [3.05, 3.63) is 218 Å². The number of hydrogen-bond acceptors (Lipinski definition) is 4. The summed E-state index contributed by atoms with van der Waals surface area (Å²) >= 11 is 0. The number of rotatable bonds is 6. The van der Waals surface area contributed by atoms with Crippen LogP contribution < -0.4 is 0 Å². The lowest BCUT2D eigenvalue weighted by molar-refractivity contribution is 0.668. The molecule has 0 amide bonds. The van der Waals surface area contributed by atoms with Gasteiger partial charge in [0.25, 0.3) is 0 Å². The van der Waals surface area contributed by atoms with Gasteiger partial charge in [-0.3, -0.25) is 0 Å². The van der Waals surface area contributed by atoms with Crippen molar-refractivity contribution in [2.24, 2.45) is 0 Å². The van der Waals surface area contributed by atoms with Gasteiger partial charge >= 0.3 is 0 Å². The highest BCUT2D eigenvalue weighted by Gasteiger charge is 2.23. The van der Waals surface area contributed by atoms with Crippen LogP contribution in [0.15, 0.2) is 223 Å². The summed E-state index contributed by atoms with van der Waals surface area (Å²) in [6, 6.07) is 77.1. The number of furan rings is 1. The van der Waals surface area contributed by atoms with Gasteiger partial charge < -0.3 is 8.98 Å². The van der Waals surface area contributed by atoms with E-state index in [0.29, 0.717) is 17.5 Å². The molecule has 64 heavy (non-hydrogen) atoms. The molecule has 0 aliphatic rings. The van der Waals surface area contributed by atoms with Gasteiger partial charge in [0.2, 0.25) is 0 Å². The van der Waals surface area contributed by atoms with Crippen LogP contribution in [0.1, 0.15) is 0 Å². The molecule has 5 heteroatoms. The molecular formula is C59H36N4O. The Morgan fingerprint density at radius 3 is 1.61 bits per heavy atom. The minimum Gasteiger partial charge on any atom is -0.456 e. The Balaban J connectivity index is 1.12. The molecule has 3 aromatic heterocycles. The molecule has 298 valence electrons. The number of aromatic nitrogens is 4. The van der Waals surface area contributed by atoms with Crippen LogP contribution in [0.2, 0.25) is 0 Å². The second-order valence-corrected chi connectivity index (χ2v) is 16.4. The van der Waals surface area contributed by atoms with Gasteiger partial charge in [0, 0.05) is 55.3 Å². The lowest BCUT2D eigenvalue weighted by Crippen LogP contribution is -2.00. The smallest absolute Gasteiger partial charge is 0.164 e. The number of fused-ring (bicyclic) bond motifs is 9. The summed E-state index contributed by atoms with van der Waals surface area (Å²) in [6.45, 7) is 0. The van der Waals surface area contributed by atoms with Crippen molar-refractivity contribution >= 4 is 65.3 Å². The summed E-state index contributed by atoms with van der Waals surface area (Å²) in [5.74, 6) is 1.81. The van der Waals surface area contributed by atoms with Gasteiger partial charge in [0.1, 0.15) is 11.2 Å². The maximum atomic E-state index is 6.95. The zero-order valence-electron chi connectivity index (χ0n) is 34.5. The highest BCUT2D eigenvalue weighted by molar-refractivity contribution is 6.22. The summed E-state index contributed by atoms with van der Waals surface area (Å²) in [6.07, 6.45) is 0. The molecule has 13 rings (SSSR count). The third-order valence-electron chi connectivity index (χ3n) is 12.6. The predicted molar refractivity (Wildman–Crippen MR) is 264 cm³/mol. The molecule has 0 saturated heterocycles. The Morgan fingerprint density at radius 1 is 0.328 bits per heavy atom. The van der Waals surface area contributed by atoms with Crippen LogP contribution >= 0.6 is 0 Å². The Bertz CT molecular complexity index is 3870. The SMILES string of the molecule is c1ccc(-c2ccc(-c3cc4c(cc3-n3c5cc6ccccc6cc5c5ccc6ccccc6c53)oc3cccc(-c5nc(-c6ccccc6)nc(-c6ccccc6)n5)c34)cc2)cc1. The molecule has 10 aromatic carbocycles. The highest BCUT2D eigenvalue weighted by Crippen LogP contribution is 2.45. The lowest BCUT2D eigenvalue weighted by atomic mass is 9.96. The van der Waals surface area contributed by atoms with Crippen LogP contribution in [0.3, 0.4) is 0 Å². The van der Waals surface area contributed by atoms with E-state index in [2.05, 4.69) is 150 Å². The molecule has 0 aliphatic heterocycles. The highest BCUT2D eigenvalue weighted by atomic mass is 16.3. The van der Waals surface area contributed by atoms with Crippen molar-refractivity contribution in [1.29, 1.82) is 0 Å². The van der Waals surface area contributed by atoms with Crippen molar-refractivity contribution < 1.29 is 4.42 Å². The molecule has 0 atom stereocenters. The second kappa shape index (κ2) is 14.5. The Kier molecular flexibility index (Phi) is 8.15. The first-order valence-electron chi connectivity index (χ1n) is 21.6. The van der Waals surface area contributed by atoms with E-state index in [4.69, 9.17) is 19.4 Å². The number of nitrogens with zero attached hydrogens (tertiary/aromatic N) is 4. The fourth-order valence-electron chi connectivity index (χ4n) is 9.58. The van der Waals surface area contributed by atoms with Gasteiger partial charge in [-0.15, -0.1) is 0 Å². The molecular weight excluding hydrogens is 781 g/mol. The molecule has 3 heterocycles. The van der Waals surface area contributed by atoms with Gasteiger partial charge in [0.15, 0.2) is 17.5 Å². The van der Waals surface area contributed by atoms with Crippen LogP contribution in [-0.2, 0) is 0 Å². The average Bonchev–Trinajstić information content (AvgIpc) is 3.90. The Labute approximate surface area is 368 Å². The number of hydrogen-bond donors (Lipinski definition) is 0. The van der Waals surface area contributed by atoms with Crippen molar-refractivity contribution in [1.82, 2.24) is 19.5 Å². The molecule has 0 N–H and O–H groups in total. The third-order valence-corrected chi connectivity index (χ3v) is 12.6. The second-order valence-electron chi connectivity index (χ2n) is 16.4. The van der Waals surface area contributed by atoms with Gasteiger partial charge in [-0.1, -0.05) is 188 Å². The maximum absolute atomic E-state index is 6.95. The minimum atomic E-state index is 0.583. The summed E-state index contributed by atoms with van der Waals surface area (Å²) in [7, 11) is 0. The first-order chi connectivity index (χ1) is 31.7. The van der Waals surface area contributed by atoms with Crippen LogP contribution in [0.25, 0.3) is 127 Å². The third kappa shape index (κ3) is 5.83. The van der Waals surface area contributed by atoms with Gasteiger partial charge in [-0.25, -0.2) is 15.0 Å². The Hall–Kier alpha value is -8.67. The van der Waals surface area contributed by atoms with E-state index in [0.717, 1.165) is 72.0 Å². The van der Waals surface area contributed by atoms with E-state index in [1.54, 1.807) is 0 Å². The molecule has 0 spiro atoms. The number of benzene rings is 10. The van der Waals surface area contributed by atoms with Gasteiger partial charge in [0.05, 0.1) is 16.7 Å². The van der Waals surface area contributed by atoms with Crippen LogP contribution in [0.5, 0.6) is 0 Å².